The molecule has 0 spiro atoms. The molecule has 1 aliphatic heterocycles. The highest BCUT2D eigenvalue weighted by atomic mass is 32.2. The van der Waals surface area contributed by atoms with Crippen molar-refractivity contribution in [2.75, 3.05) is 13.2 Å². The van der Waals surface area contributed by atoms with Gasteiger partial charge in [0.25, 0.3) is 0 Å². The van der Waals surface area contributed by atoms with Gasteiger partial charge in [0.2, 0.25) is 15.9 Å². The van der Waals surface area contributed by atoms with Crippen molar-refractivity contribution in [3.63, 3.8) is 0 Å². The van der Waals surface area contributed by atoms with E-state index in [1.165, 1.54) is 0 Å². The second-order valence-electron chi connectivity index (χ2n) is 7.75. The highest BCUT2D eigenvalue weighted by Gasteiger charge is 2.34. The third kappa shape index (κ3) is 5.11. The molecule has 2 aliphatic rings. The van der Waals surface area contributed by atoms with Gasteiger partial charge in [-0.2, -0.15) is 0 Å². The molecule has 1 saturated carbocycles. The van der Waals surface area contributed by atoms with Crippen LogP contribution in [0, 0.1) is 12.8 Å². The monoisotopic (exact) mass is 410 g/mol. The summed E-state index contributed by atoms with van der Waals surface area (Å²) in [6, 6.07) is 6.68. The van der Waals surface area contributed by atoms with Gasteiger partial charge in [-0.15, -0.1) is 0 Å². The largest absolute Gasteiger partial charge is 0.394 e. The number of carbonyl (C=O) groups is 1. The number of hydrogen-bond donors (Lipinski definition) is 3. The summed E-state index contributed by atoms with van der Waals surface area (Å²) in [7, 11) is -3.56. The first-order chi connectivity index (χ1) is 13.4. The molecular weight excluding hydrogens is 380 g/mol. The SMILES string of the molecule is Cc1ccccc1S(=O)(=O)NCC[C@H]1CC[C@H](NC(=O)C2CCC2)[C@H](CO)O1. The maximum absolute atomic E-state index is 12.4. The number of aliphatic hydroxyl groups is 1. The molecule has 0 bridgehead atoms. The molecule has 28 heavy (non-hydrogen) atoms. The van der Waals surface area contributed by atoms with Gasteiger partial charge in [-0.05, 0) is 50.7 Å². The molecule has 1 aliphatic carbocycles. The van der Waals surface area contributed by atoms with Crippen LogP contribution >= 0.6 is 0 Å². The molecule has 156 valence electrons. The predicted octanol–water partition coefficient (Wildman–Crippen LogP) is 1.49. The van der Waals surface area contributed by atoms with Crippen molar-refractivity contribution < 1.29 is 23.1 Å². The number of sulfonamides is 1. The molecule has 2 fully saturated rings. The maximum atomic E-state index is 12.4. The Morgan fingerprint density at radius 2 is 1.96 bits per heavy atom. The zero-order chi connectivity index (χ0) is 20.1. The van der Waals surface area contributed by atoms with E-state index < -0.39 is 16.1 Å². The fraction of sp³-hybridized carbons (Fsp3) is 0.650. The second kappa shape index (κ2) is 9.35. The lowest BCUT2D eigenvalue weighted by Gasteiger charge is -2.37. The van der Waals surface area contributed by atoms with Crippen LogP contribution in [-0.2, 0) is 19.6 Å². The molecule has 3 N–H and O–H groups in total. The summed E-state index contributed by atoms with van der Waals surface area (Å²) in [4.78, 5) is 12.4. The third-order valence-electron chi connectivity index (χ3n) is 5.74. The fourth-order valence-corrected chi connectivity index (χ4v) is 5.06. The van der Waals surface area contributed by atoms with Crippen molar-refractivity contribution in [3.8, 4) is 0 Å². The summed E-state index contributed by atoms with van der Waals surface area (Å²) in [5.74, 6) is 0.163. The van der Waals surface area contributed by atoms with Gasteiger partial charge in [-0.25, -0.2) is 13.1 Å². The second-order valence-corrected chi connectivity index (χ2v) is 9.49. The standard InChI is InChI=1S/C20H30N2O5S/c1-14-5-2-3-8-19(14)28(25,26)21-12-11-16-9-10-17(18(13-23)27-16)22-20(24)15-6-4-7-15/h2-3,5,8,15-18,21,23H,4,6-7,9-13H2,1H3,(H,22,24)/t16-,17+,18+/m1/s1. The summed E-state index contributed by atoms with van der Waals surface area (Å²) >= 11 is 0. The topological polar surface area (TPSA) is 105 Å². The molecule has 0 unspecified atom stereocenters. The molecule has 1 heterocycles. The van der Waals surface area contributed by atoms with E-state index in [4.69, 9.17) is 4.74 Å². The van der Waals surface area contributed by atoms with Crippen molar-refractivity contribution in [2.45, 2.75) is 68.6 Å². The Hall–Kier alpha value is -1.48. The number of ether oxygens (including phenoxy) is 1. The van der Waals surface area contributed by atoms with Gasteiger partial charge in [0.05, 0.1) is 23.6 Å². The van der Waals surface area contributed by atoms with Gasteiger partial charge in [0, 0.05) is 12.5 Å². The normalized spacial score (nSPS) is 25.9. The van der Waals surface area contributed by atoms with Gasteiger partial charge in [-0.1, -0.05) is 24.6 Å². The minimum Gasteiger partial charge on any atom is -0.394 e. The summed E-state index contributed by atoms with van der Waals surface area (Å²) in [6.07, 6.45) is 4.34. The number of rotatable bonds is 8. The zero-order valence-corrected chi connectivity index (χ0v) is 17.1. The van der Waals surface area contributed by atoms with E-state index in [2.05, 4.69) is 10.0 Å². The molecule has 1 saturated heterocycles. The number of benzene rings is 1. The average molecular weight is 411 g/mol. The zero-order valence-electron chi connectivity index (χ0n) is 16.3. The van der Waals surface area contributed by atoms with Gasteiger partial charge in [-0.3, -0.25) is 4.79 Å². The number of carbonyl (C=O) groups excluding carboxylic acids is 1. The average Bonchev–Trinajstić information content (AvgIpc) is 2.61. The number of hydrogen-bond acceptors (Lipinski definition) is 5. The lowest BCUT2D eigenvalue weighted by atomic mass is 9.84. The Balaban J connectivity index is 1.47. The van der Waals surface area contributed by atoms with Crippen molar-refractivity contribution in [1.29, 1.82) is 0 Å². The first kappa shape index (κ1) is 21.2. The molecule has 8 heteroatoms. The van der Waals surface area contributed by atoms with Crippen LogP contribution in [0.1, 0.15) is 44.1 Å². The van der Waals surface area contributed by atoms with Crippen molar-refractivity contribution in [2.24, 2.45) is 5.92 Å². The first-order valence-electron chi connectivity index (χ1n) is 10.0. The lowest BCUT2D eigenvalue weighted by molar-refractivity contribution is -0.134. The summed E-state index contributed by atoms with van der Waals surface area (Å²) in [5, 5.41) is 12.7. The molecule has 1 aromatic carbocycles. The van der Waals surface area contributed by atoms with Crippen LogP contribution in [0.3, 0.4) is 0 Å². The van der Waals surface area contributed by atoms with E-state index in [1.807, 2.05) is 0 Å². The molecule has 3 atom stereocenters. The van der Waals surface area contributed by atoms with E-state index >= 15 is 0 Å². The van der Waals surface area contributed by atoms with Crippen molar-refractivity contribution in [3.05, 3.63) is 29.8 Å². The van der Waals surface area contributed by atoms with Gasteiger partial charge >= 0.3 is 0 Å². The van der Waals surface area contributed by atoms with Crippen LogP contribution in [0.15, 0.2) is 29.2 Å². The summed E-state index contributed by atoms with van der Waals surface area (Å²) < 4.78 is 33.4. The molecule has 0 radical (unpaired) electrons. The van der Waals surface area contributed by atoms with E-state index in [0.717, 1.165) is 32.1 Å². The lowest BCUT2D eigenvalue weighted by Crippen LogP contribution is -2.53. The van der Waals surface area contributed by atoms with Crippen LogP contribution in [0.2, 0.25) is 0 Å². The van der Waals surface area contributed by atoms with Crippen LogP contribution < -0.4 is 10.0 Å². The maximum Gasteiger partial charge on any atom is 0.240 e. The Morgan fingerprint density at radius 1 is 1.21 bits per heavy atom. The quantitative estimate of drug-likeness (QED) is 0.602. The number of amides is 1. The summed E-state index contributed by atoms with van der Waals surface area (Å²) in [6.45, 7) is 1.86. The van der Waals surface area contributed by atoms with E-state index in [0.29, 0.717) is 12.0 Å². The van der Waals surface area contributed by atoms with Crippen LogP contribution in [-0.4, -0.2) is 50.8 Å². The Morgan fingerprint density at radius 3 is 2.61 bits per heavy atom. The van der Waals surface area contributed by atoms with E-state index in [1.54, 1.807) is 31.2 Å². The van der Waals surface area contributed by atoms with Crippen molar-refractivity contribution in [1.82, 2.24) is 10.0 Å². The minimum atomic E-state index is -3.56. The predicted molar refractivity (Wildman–Crippen MR) is 105 cm³/mol. The van der Waals surface area contributed by atoms with Crippen LogP contribution in [0.4, 0.5) is 0 Å². The van der Waals surface area contributed by atoms with E-state index in [-0.39, 0.29) is 42.0 Å². The molecule has 7 nitrogen and oxygen atoms in total. The van der Waals surface area contributed by atoms with E-state index in [9.17, 15) is 18.3 Å². The Labute approximate surface area is 166 Å². The highest BCUT2D eigenvalue weighted by molar-refractivity contribution is 7.89. The number of nitrogens with one attached hydrogen (secondary N) is 2. The summed E-state index contributed by atoms with van der Waals surface area (Å²) in [5.41, 5.74) is 0.703. The smallest absolute Gasteiger partial charge is 0.240 e. The van der Waals surface area contributed by atoms with Gasteiger partial charge in [0.15, 0.2) is 0 Å². The molecule has 1 amide bonds. The van der Waals surface area contributed by atoms with Crippen molar-refractivity contribution >= 4 is 15.9 Å². The number of aryl methyl sites for hydroxylation is 1. The van der Waals surface area contributed by atoms with Crippen LogP contribution in [0.5, 0.6) is 0 Å². The van der Waals surface area contributed by atoms with Gasteiger partial charge in [0.1, 0.15) is 6.10 Å². The Bertz CT molecular complexity index is 779. The molecule has 3 rings (SSSR count). The number of aliphatic hydroxyl groups excluding tert-OH is 1. The minimum absolute atomic E-state index is 0.0581. The fourth-order valence-electron chi connectivity index (χ4n) is 3.77. The third-order valence-corrected chi connectivity index (χ3v) is 7.36. The highest BCUT2D eigenvalue weighted by Crippen LogP contribution is 2.28. The molecular formula is C20H30N2O5S. The van der Waals surface area contributed by atoms with Crippen LogP contribution in [0.25, 0.3) is 0 Å². The molecule has 1 aromatic rings. The first-order valence-corrected chi connectivity index (χ1v) is 11.5. The molecule has 0 aromatic heterocycles. The van der Waals surface area contributed by atoms with Gasteiger partial charge < -0.3 is 15.2 Å². The Kier molecular flexibility index (Phi) is 7.09.